The maximum absolute atomic E-state index is 9.73. The number of aliphatic hydroxyl groups is 1. The van der Waals surface area contributed by atoms with Crippen LogP contribution in [0.15, 0.2) is 12.1 Å². The summed E-state index contributed by atoms with van der Waals surface area (Å²) in [5, 5.41) is 12.9. The SMILES string of the molecule is O[C@H]1CNCc2cc3c(cc21)OCO3. The van der Waals surface area contributed by atoms with E-state index in [0.717, 1.165) is 29.2 Å². The van der Waals surface area contributed by atoms with E-state index in [2.05, 4.69) is 5.32 Å². The third kappa shape index (κ3) is 1.08. The highest BCUT2D eigenvalue weighted by Crippen LogP contribution is 2.37. The smallest absolute Gasteiger partial charge is 0.231 e. The van der Waals surface area contributed by atoms with Crippen LogP contribution in [0.5, 0.6) is 11.5 Å². The molecule has 0 unspecified atom stereocenters. The minimum absolute atomic E-state index is 0.280. The molecule has 2 aliphatic heterocycles. The molecule has 3 rings (SSSR count). The number of nitrogens with one attached hydrogen (secondary N) is 1. The number of ether oxygens (including phenoxy) is 2. The first kappa shape index (κ1) is 8.08. The van der Waals surface area contributed by atoms with E-state index in [9.17, 15) is 5.11 Å². The Balaban J connectivity index is 2.12. The second-order valence-corrected chi connectivity index (χ2v) is 3.55. The molecule has 0 saturated heterocycles. The highest BCUT2D eigenvalue weighted by molar-refractivity contribution is 5.50. The Morgan fingerprint density at radius 1 is 1.29 bits per heavy atom. The molecular weight excluding hydrogens is 182 g/mol. The van der Waals surface area contributed by atoms with Gasteiger partial charge in [0.25, 0.3) is 0 Å². The predicted octanol–water partition coefficient (Wildman–Crippen LogP) is 0.552. The topological polar surface area (TPSA) is 50.7 Å². The zero-order valence-corrected chi connectivity index (χ0v) is 7.62. The first-order valence-corrected chi connectivity index (χ1v) is 4.66. The van der Waals surface area contributed by atoms with Crippen molar-refractivity contribution < 1.29 is 14.6 Å². The average Bonchev–Trinajstić information content (AvgIpc) is 2.62. The van der Waals surface area contributed by atoms with E-state index in [4.69, 9.17) is 9.47 Å². The summed E-state index contributed by atoms with van der Waals surface area (Å²) in [5.74, 6) is 1.52. The molecule has 2 N–H and O–H groups in total. The van der Waals surface area contributed by atoms with E-state index in [1.165, 1.54) is 0 Å². The maximum atomic E-state index is 9.73. The van der Waals surface area contributed by atoms with Gasteiger partial charge < -0.3 is 19.9 Å². The Labute approximate surface area is 81.5 Å². The molecule has 0 spiro atoms. The Hall–Kier alpha value is -1.26. The standard InChI is InChI=1S/C10H11NO3/c12-8-4-11-3-6-1-9-10(2-7(6)8)14-5-13-9/h1-2,8,11-12H,3-5H2/t8-/m0/s1. The van der Waals surface area contributed by atoms with E-state index in [1.807, 2.05) is 12.1 Å². The molecule has 0 bridgehead atoms. The van der Waals surface area contributed by atoms with Gasteiger partial charge in [0.1, 0.15) is 0 Å². The first-order chi connectivity index (χ1) is 6.84. The van der Waals surface area contributed by atoms with Crippen molar-refractivity contribution in [2.75, 3.05) is 13.3 Å². The van der Waals surface area contributed by atoms with E-state index in [-0.39, 0.29) is 6.79 Å². The molecule has 0 fully saturated rings. The Kier molecular flexibility index (Phi) is 1.65. The summed E-state index contributed by atoms with van der Waals surface area (Å²) in [6.07, 6.45) is -0.437. The van der Waals surface area contributed by atoms with Crippen molar-refractivity contribution >= 4 is 0 Å². The molecule has 74 valence electrons. The lowest BCUT2D eigenvalue weighted by molar-refractivity contribution is 0.164. The van der Waals surface area contributed by atoms with Crippen LogP contribution in [-0.2, 0) is 6.54 Å². The number of hydrogen-bond acceptors (Lipinski definition) is 4. The van der Waals surface area contributed by atoms with Crippen molar-refractivity contribution in [1.29, 1.82) is 0 Å². The molecular formula is C10H11NO3. The average molecular weight is 193 g/mol. The summed E-state index contributed by atoms with van der Waals surface area (Å²) in [4.78, 5) is 0. The highest BCUT2D eigenvalue weighted by atomic mass is 16.7. The summed E-state index contributed by atoms with van der Waals surface area (Å²) in [6, 6.07) is 3.82. The quantitative estimate of drug-likeness (QED) is 0.632. The van der Waals surface area contributed by atoms with Gasteiger partial charge in [-0.3, -0.25) is 0 Å². The zero-order valence-electron chi connectivity index (χ0n) is 7.62. The third-order valence-corrected chi connectivity index (χ3v) is 2.65. The number of hydrogen-bond donors (Lipinski definition) is 2. The van der Waals surface area contributed by atoms with Crippen molar-refractivity contribution in [2.45, 2.75) is 12.6 Å². The molecule has 4 nitrogen and oxygen atoms in total. The van der Waals surface area contributed by atoms with Crippen LogP contribution in [0, 0.1) is 0 Å². The minimum Gasteiger partial charge on any atom is -0.454 e. The Bertz CT molecular complexity index is 378. The van der Waals surface area contributed by atoms with Gasteiger partial charge in [-0.2, -0.15) is 0 Å². The van der Waals surface area contributed by atoms with Crippen molar-refractivity contribution in [2.24, 2.45) is 0 Å². The van der Waals surface area contributed by atoms with E-state index >= 15 is 0 Å². The van der Waals surface area contributed by atoms with Crippen LogP contribution in [0.4, 0.5) is 0 Å². The summed E-state index contributed by atoms with van der Waals surface area (Å²) in [7, 11) is 0. The lowest BCUT2D eigenvalue weighted by atomic mass is 9.98. The molecule has 0 aliphatic carbocycles. The van der Waals surface area contributed by atoms with Crippen LogP contribution in [0.2, 0.25) is 0 Å². The molecule has 2 aliphatic rings. The number of β-amino-alcohol motifs (C(OH)–C–C–N with tert-alkyl or cyclic N) is 1. The fraction of sp³-hybridized carbons (Fsp3) is 0.400. The molecule has 0 radical (unpaired) electrons. The fourth-order valence-electron chi connectivity index (χ4n) is 1.92. The Morgan fingerprint density at radius 3 is 2.93 bits per heavy atom. The molecule has 1 aromatic rings. The zero-order chi connectivity index (χ0) is 9.54. The molecule has 4 heteroatoms. The van der Waals surface area contributed by atoms with Gasteiger partial charge in [-0.15, -0.1) is 0 Å². The van der Waals surface area contributed by atoms with E-state index < -0.39 is 6.10 Å². The monoisotopic (exact) mass is 193 g/mol. The third-order valence-electron chi connectivity index (χ3n) is 2.65. The highest BCUT2D eigenvalue weighted by Gasteiger charge is 2.23. The van der Waals surface area contributed by atoms with Crippen LogP contribution in [-0.4, -0.2) is 18.4 Å². The van der Waals surface area contributed by atoms with Gasteiger partial charge in [0, 0.05) is 13.1 Å². The van der Waals surface area contributed by atoms with Crippen LogP contribution in [0.25, 0.3) is 0 Å². The van der Waals surface area contributed by atoms with Crippen LogP contribution >= 0.6 is 0 Å². The van der Waals surface area contributed by atoms with Gasteiger partial charge in [-0.25, -0.2) is 0 Å². The molecule has 1 atom stereocenters. The largest absolute Gasteiger partial charge is 0.454 e. The van der Waals surface area contributed by atoms with Gasteiger partial charge in [0.15, 0.2) is 11.5 Å². The molecule has 1 aromatic carbocycles. The summed E-state index contributed by atoms with van der Waals surface area (Å²) < 4.78 is 10.5. The Morgan fingerprint density at radius 2 is 2.07 bits per heavy atom. The van der Waals surface area contributed by atoms with Crippen molar-refractivity contribution in [3.05, 3.63) is 23.3 Å². The maximum Gasteiger partial charge on any atom is 0.231 e. The molecule has 0 saturated carbocycles. The minimum atomic E-state index is -0.437. The van der Waals surface area contributed by atoms with Crippen molar-refractivity contribution in [1.82, 2.24) is 5.32 Å². The summed E-state index contributed by atoms with van der Waals surface area (Å²) in [6.45, 7) is 1.66. The lowest BCUT2D eigenvalue weighted by Gasteiger charge is -2.22. The van der Waals surface area contributed by atoms with Gasteiger partial charge in [-0.05, 0) is 23.3 Å². The normalized spacial score (nSPS) is 23.4. The molecule has 0 amide bonds. The molecule has 0 aromatic heterocycles. The molecule has 14 heavy (non-hydrogen) atoms. The van der Waals surface area contributed by atoms with Gasteiger partial charge in [0.2, 0.25) is 6.79 Å². The second-order valence-electron chi connectivity index (χ2n) is 3.55. The molecule has 2 heterocycles. The summed E-state index contributed by atoms with van der Waals surface area (Å²) in [5.41, 5.74) is 2.04. The van der Waals surface area contributed by atoms with E-state index in [0.29, 0.717) is 6.54 Å². The van der Waals surface area contributed by atoms with Crippen LogP contribution in [0.3, 0.4) is 0 Å². The fourth-order valence-corrected chi connectivity index (χ4v) is 1.92. The number of rotatable bonds is 0. The number of fused-ring (bicyclic) bond motifs is 2. The van der Waals surface area contributed by atoms with Crippen molar-refractivity contribution in [3.63, 3.8) is 0 Å². The van der Waals surface area contributed by atoms with Gasteiger partial charge in [-0.1, -0.05) is 0 Å². The number of aliphatic hydroxyl groups excluding tert-OH is 1. The predicted molar refractivity (Wildman–Crippen MR) is 49.2 cm³/mol. The van der Waals surface area contributed by atoms with Crippen molar-refractivity contribution in [3.8, 4) is 11.5 Å². The first-order valence-electron chi connectivity index (χ1n) is 4.66. The summed E-state index contributed by atoms with van der Waals surface area (Å²) >= 11 is 0. The van der Waals surface area contributed by atoms with Crippen LogP contribution in [0.1, 0.15) is 17.2 Å². The second kappa shape index (κ2) is 2.87. The lowest BCUT2D eigenvalue weighted by Crippen LogP contribution is -2.27. The van der Waals surface area contributed by atoms with Crippen LogP contribution < -0.4 is 14.8 Å². The van der Waals surface area contributed by atoms with Gasteiger partial charge in [0.05, 0.1) is 6.10 Å². The number of benzene rings is 1. The van der Waals surface area contributed by atoms with E-state index in [1.54, 1.807) is 0 Å². The van der Waals surface area contributed by atoms with Gasteiger partial charge >= 0.3 is 0 Å².